The average molecular weight is 297 g/mol. The van der Waals surface area contributed by atoms with E-state index in [9.17, 15) is 0 Å². The van der Waals surface area contributed by atoms with E-state index in [1.54, 1.807) is 24.8 Å². The summed E-state index contributed by atoms with van der Waals surface area (Å²) < 4.78 is 4.26. The molecule has 21 heavy (non-hydrogen) atoms. The van der Waals surface area contributed by atoms with Crippen LogP contribution in [0.25, 0.3) is 11.1 Å². The molecule has 0 aliphatic carbocycles. The fraction of sp³-hybridized carbons (Fsp3) is 0.133. The van der Waals surface area contributed by atoms with Crippen LogP contribution in [0.3, 0.4) is 0 Å². The van der Waals surface area contributed by atoms with Gasteiger partial charge in [0.1, 0.15) is 10.8 Å². The van der Waals surface area contributed by atoms with Gasteiger partial charge in [-0.05, 0) is 53.8 Å². The van der Waals surface area contributed by atoms with Crippen LogP contribution in [0.4, 0.5) is 10.8 Å². The zero-order valence-electron chi connectivity index (χ0n) is 11.5. The van der Waals surface area contributed by atoms with Crippen LogP contribution >= 0.6 is 11.5 Å². The van der Waals surface area contributed by atoms with Crippen LogP contribution in [0, 0.1) is 0 Å². The summed E-state index contributed by atoms with van der Waals surface area (Å²) in [6, 6.07) is 8.00. The van der Waals surface area contributed by atoms with E-state index in [0.29, 0.717) is 5.82 Å². The van der Waals surface area contributed by atoms with E-state index in [1.165, 1.54) is 11.5 Å². The lowest BCUT2D eigenvalue weighted by Crippen LogP contribution is -2.06. The minimum Gasteiger partial charge on any atom is -0.382 e. The van der Waals surface area contributed by atoms with Crippen LogP contribution in [0.5, 0.6) is 0 Å². The fourth-order valence-corrected chi connectivity index (χ4v) is 2.95. The van der Waals surface area contributed by atoms with Gasteiger partial charge < -0.3 is 11.1 Å². The molecule has 6 heteroatoms. The lowest BCUT2D eigenvalue weighted by Gasteiger charge is -2.15. The molecule has 0 fully saturated rings. The largest absolute Gasteiger partial charge is 0.382 e. The van der Waals surface area contributed by atoms with Crippen molar-refractivity contribution in [3.05, 3.63) is 54.6 Å². The zero-order chi connectivity index (χ0) is 14.7. The van der Waals surface area contributed by atoms with Crippen LogP contribution in [-0.4, -0.2) is 14.3 Å². The molecule has 1 atom stereocenters. The molecule has 106 valence electrons. The number of nitrogen functional groups attached to an aromatic ring is 1. The Bertz CT molecular complexity index is 711. The Morgan fingerprint density at radius 3 is 2.33 bits per heavy atom. The molecule has 3 heterocycles. The predicted molar refractivity (Wildman–Crippen MR) is 86.0 cm³/mol. The number of hydrogen-bond donors (Lipinski definition) is 2. The first-order chi connectivity index (χ1) is 10.3. The van der Waals surface area contributed by atoms with Gasteiger partial charge in [-0.25, -0.2) is 0 Å². The average Bonchev–Trinajstić information content (AvgIpc) is 2.89. The van der Waals surface area contributed by atoms with Gasteiger partial charge in [-0.2, -0.15) is 4.37 Å². The van der Waals surface area contributed by atoms with Crippen molar-refractivity contribution in [3.8, 4) is 11.1 Å². The zero-order valence-corrected chi connectivity index (χ0v) is 12.3. The molecule has 3 N–H and O–H groups in total. The van der Waals surface area contributed by atoms with Crippen LogP contribution in [0.2, 0.25) is 0 Å². The van der Waals surface area contributed by atoms with Crippen LogP contribution in [-0.2, 0) is 0 Å². The smallest absolute Gasteiger partial charge is 0.147 e. The highest BCUT2D eigenvalue weighted by atomic mass is 32.1. The lowest BCUT2D eigenvalue weighted by atomic mass is 10.1. The van der Waals surface area contributed by atoms with Crippen LogP contribution in [0.15, 0.2) is 49.1 Å². The first-order valence-electron chi connectivity index (χ1n) is 6.57. The molecule has 5 nitrogen and oxygen atoms in total. The van der Waals surface area contributed by atoms with Crippen LogP contribution < -0.4 is 11.1 Å². The second kappa shape index (κ2) is 5.88. The minimum absolute atomic E-state index is 0.147. The molecule has 0 aromatic carbocycles. The molecule has 3 aromatic rings. The third-order valence-corrected chi connectivity index (χ3v) is 4.03. The van der Waals surface area contributed by atoms with E-state index in [1.807, 2.05) is 24.3 Å². The van der Waals surface area contributed by atoms with Gasteiger partial charge in [-0.1, -0.05) is 0 Å². The Hall–Kier alpha value is -2.47. The second-order valence-corrected chi connectivity index (χ2v) is 5.43. The molecule has 1 unspecified atom stereocenters. The summed E-state index contributed by atoms with van der Waals surface area (Å²) in [6.45, 7) is 2.10. The number of aromatic nitrogens is 3. The highest BCUT2D eigenvalue weighted by Crippen LogP contribution is 2.38. The summed E-state index contributed by atoms with van der Waals surface area (Å²) in [5.41, 5.74) is 9.13. The van der Waals surface area contributed by atoms with Gasteiger partial charge in [0, 0.05) is 30.8 Å². The molecule has 0 saturated carbocycles. The molecule has 0 amide bonds. The maximum Gasteiger partial charge on any atom is 0.147 e. The van der Waals surface area contributed by atoms with E-state index in [-0.39, 0.29) is 6.04 Å². The first-order valence-corrected chi connectivity index (χ1v) is 7.35. The van der Waals surface area contributed by atoms with Crippen molar-refractivity contribution >= 4 is 22.4 Å². The number of nitrogens with one attached hydrogen (secondary N) is 1. The Morgan fingerprint density at radius 2 is 1.67 bits per heavy atom. The quantitative estimate of drug-likeness (QED) is 0.772. The van der Waals surface area contributed by atoms with E-state index >= 15 is 0 Å². The molecule has 0 aliphatic rings. The summed E-state index contributed by atoms with van der Waals surface area (Å²) in [6.07, 6.45) is 7.08. The van der Waals surface area contributed by atoms with Crippen molar-refractivity contribution < 1.29 is 0 Å². The van der Waals surface area contributed by atoms with Gasteiger partial charge in [0.2, 0.25) is 0 Å². The van der Waals surface area contributed by atoms with Crippen molar-refractivity contribution in [1.29, 1.82) is 0 Å². The van der Waals surface area contributed by atoms with Crippen molar-refractivity contribution in [2.24, 2.45) is 0 Å². The van der Waals surface area contributed by atoms with E-state index in [2.05, 4.69) is 26.6 Å². The Labute approximate surface area is 127 Å². The summed E-state index contributed by atoms with van der Waals surface area (Å²) in [5.74, 6) is 0.538. The lowest BCUT2D eigenvalue weighted by molar-refractivity contribution is 0.886. The number of rotatable bonds is 4. The molecule has 0 aliphatic heterocycles. The molecule has 0 saturated heterocycles. The van der Waals surface area contributed by atoms with E-state index < -0.39 is 0 Å². The second-order valence-electron chi connectivity index (χ2n) is 4.65. The van der Waals surface area contributed by atoms with Crippen LogP contribution in [0.1, 0.15) is 18.5 Å². The Balaban J connectivity index is 1.91. The maximum atomic E-state index is 6.02. The first kappa shape index (κ1) is 13.5. The van der Waals surface area contributed by atoms with E-state index in [4.69, 9.17) is 5.73 Å². The molecule has 0 bridgehead atoms. The summed E-state index contributed by atoms with van der Waals surface area (Å²) >= 11 is 1.37. The van der Waals surface area contributed by atoms with Crippen molar-refractivity contribution in [2.75, 3.05) is 11.1 Å². The third-order valence-electron chi connectivity index (χ3n) is 3.24. The molecule has 3 aromatic heterocycles. The molecule has 3 rings (SSSR count). The van der Waals surface area contributed by atoms with E-state index in [0.717, 1.165) is 21.7 Å². The summed E-state index contributed by atoms with van der Waals surface area (Å²) in [4.78, 5) is 8.08. The molecular weight excluding hydrogens is 282 g/mol. The minimum atomic E-state index is 0.147. The van der Waals surface area contributed by atoms with Gasteiger partial charge in [-0.15, -0.1) is 0 Å². The summed E-state index contributed by atoms with van der Waals surface area (Å²) in [7, 11) is 0. The van der Waals surface area contributed by atoms with Gasteiger partial charge in [-0.3, -0.25) is 9.97 Å². The number of pyridine rings is 2. The van der Waals surface area contributed by atoms with Gasteiger partial charge in [0.15, 0.2) is 0 Å². The molecule has 0 spiro atoms. The predicted octanol–water partition coefficient (Wildman–Crippen LogP) is 3.36. The standard InChI is InChI=1S/C15H15N5S/c1-10(11-2-6-17-7-3-11)19-15-13(14(16)20-21-15)12-4-8-18-9-5-12/h2-10,19H,1H3,(H2,16,20). The van der Waals surface area contributed by atoms with Gasteiger partial charge in [0.05, 0.1) is 5.56 Å². The maximum absolute atomic E-state index is 6.02. The highest BCUT2D eigenvalue weighted by molar-refractivity contribution is 7.11. The highest BCUT2D eigenvalue weighted by Gasteiger charge is 2.16. The fourth-order valence-electron chi connectivity index (χ4n) is 2.13. The number of nitrogens with zero attached hydrogens (tertiary/aromatic N) is 3. The summed E-state index contributed by atoms with van der Waals surface area (Å²) in [5, 5.41) is 4.44. The number of hydrogen-bond acceptors (Lipinski definition) is 6. The van der Waals surface area contributed by atoms with Crippen molar-refractivity contribution in [1.82, 2.24) is 14.3 Å². The van der Waals surface area contributed by atoms with Crippen molar-refractivity contribution in [2.45, 2.75) is 13.0 Å². The van der Waals surface area contributed by atoms with Gasteiger partial charge >= 0.3 is 0 Å². The van der Waals surface area contributed by atoms with Crippen molar-refractivity contribution in [3.63, 3.8) is 0 Å². The van der Waals surface area contributed by atoms with Gasteiger partial charge in [0.25, 0.3) is 0 Å². The molecular formula is C15H15N5S. The number of nitrogens with two attached hydrogens (primary N) is 1. The SMILES string of the molecule is CC(Nc1snc(N)c1-c1ccncc1)c1ccncc1. The normalized spacial score (nSPS) is 12.0. The molecule has 0 radical (unpaired) electrons. The Morgan fingerprint density at radius 1 is 1.05 bits per heavy atom. The Kier molecular flexibility index (Phi) is 3.79. The topological polar surface area (TPSA) is 76.7 Å². The third kappa shape index (κ3) is 2.85. The number of anilines is 2. The monoisotopic (exact) mass is 297 g/mol.